The predicted molar refractivity (Wildman–Crippen MR) is 110 cm³/mol. The van der Waals surface area contributed by atoms with Crippen LogP contribution in [0.2, 0.25) is 5.02 Å². The summed E-state index contributed by atoms with van der Waals surface area (Å²) in [5.74, 6) is -0.315. The Labute approximate surface area is 169 Å². The first-order valence-electron chi connectivity index (χ1n) is 9.26. The van der Waals surface area contributed by atoms with Crippen molar-refractivity contribution in [2.24, 2.45) is 0 Å². The molecule has 0 bridgehead atoms. The van der Waals surface area contributed by atoms with Gasteiger partial charge in [-0.15, -0.1) is 0 Å². The van der Waals surface area contributed by atoms with Crippen molar-refractivity contribution in [2.75, 3.05) is 38.2 Å². The Hall–Kier alpha value is -2.41. The largest absolute Gasteiger partial charge is 0.379 e. The summed E-state index contributed by atoms with van der Waals surface area (Å²) in [6, 6.07) is 14.5. The molecule has 1 fully saturated rings. The molecule has 2 N–H and O–H groups in total. The van der Waals surface area contributed by atoms with Crippen molar-refractivity contribution in [3.8, 4) is 0 Å². The van der Waals surface area contributed by atoms with E-state index in [1.165, 1.54) is 6.92 Å². The van der Waals surface area contributed by atoms with Crippen LogP contribution >= 0.6 is 11.6 Å². The highest BCUT2D eigenvalue weighted by atomic mass is 35.5. The number of rotatable bonds is 6. The molecule has 0 spiro atoms. The van der Waals surface area contributed by atoms with Crippen LogP contribution in [0.15, 0.2) is 48.5 Å². The van der Waals surface area contributed by atoms with Gasteiger partial charge in [0.2, 0.25) is 5.91 Å². The highest BCUT2D eigenvalue weighted by Gasteiger charge is 2.25. The minimum Gasteiger partial charge on any atom is -0.379 e. The average molecular weight is 402 g/mol. The van der Waals surface area contributed by atoms with E-state index < -0.39 is 0 Å². The van der Waals surface area contributed by atoms with Crippen molar-refractivity contribution in [1.82, 2.24) is 10.2 Å². The smallest absolute Gasteiger partial charge is 0.251 e. The number of nitrogens with zero attached hydrogens (tertiary/aromatic N) is 1. The molecule has 1 atom stereocenters. The van der Waals surface area contributed by atoms with E-state index in [9.17, 15) is 9.59 Å². The van der Waals surface area contributed by atoms with Crippen LogP contribution in [0, 0.1) is 0 Å². The minimum absolute atomic E-state index is 0.0276. The van der Waals surface area contributed by atoms with Crippen LogP contribution in [0.3, 0.4) is 0 Å². The molecule has 1 saturated heterocycles. The first-order chi connectivity index (χ1) is 13.5. The number of carbonyl (C=O) groups excluding carboxylic acids is 2. The molecule has 0 saturated carbocycles. The van der Waals surface area contributed by atoms with E-state index in [4.69, 9.17) is 16.3 Å². The van der Waals surface area contributed by atoms with Gasteiger partial charge in [-0.05, 0) is 35.9 Å². The Morgan fingerprint density at radius 3 is 2.43 bits per heavy atom. The van der Waals surface area contributed by atoms with Crippen molar-refractivity contribution in [3.63, 3.8) is 0 Å². The number of ether oxygens (including phenoxy) is 1. The van der Waals surface area contributed by atoms with Gasteiger partial charge in [-0.2, -0.15) is 0 Å². The van der Waals surface area contributed by atoms with E-state index in [1.807, 2.05) is 24.3 Å². The number of nitrogens with one attached hydrogen (secondary N) is 2. The van der Waals surface area contributed by atoms with Crippen molar-refractivity contribution >= 4 is 29.1 Å². The number of carbonyl (C=O) groups is 2. The van der Waals surface area contributed by atoms with Crippen LogP contribution in [0.1, 0.15) is 28.9 Å². The van der Waals surface area contributed by atoms with Crippen LogP contribution in [0.5, 0.6) is 0 Å². The fourth-order valence-corrected chi connectivity index (χ4v) is 3.53. The van der Waals surface area contributed by atoms with Crippen molar-refractivity contribution in [2.45, 2.75) is 13.0 Å². The van der Waals surface area contributed by atoms with Crippen molar-refractivity contribution in [1.29, 1.82) is 0 Å². The maximum absolute atomic E-state index is 12.6. The monoisotopic (exact) mass is 401 g/mol. The fraction of sp³-hybridized carbons (Fsp3) is 0.333. The van der Waals surface area contributed by atoms with Crippen LogP contribution in [-0.4, -0.2) is 49.6 Å². The lowest BCUT2D eigenvalue weighted by Gasteiger charge is -2.35. The normalized spacial score (nSPS) is 15.6. The molecule has 7 heteroatoms. The molecule has 1 aliphatic heterocycles. The molecular weight excluding hydrogens is 378 g/mol. The third kappa shape index (κ3) is 5.32. The Balaban J connectivity index is 1.69. The average Bonchev–Trinajstić information content (AvgIpc) is 2.70. The lowest BCUT2D eigenvalue weighted by Crippen LogP contribution is -2.44. The van der Waals surface area contributed by atoms with Gasteiger partial charge in [-0.25, -0.2) is 0 Å². The van der Waals surface area contributed by atoms with Gasteiger partial charge in [0.1, 0.15) is 0 Å². The summed E-state index contributed by atoms with van der Waals surface area (Å²) in [6.45, 7) is 4.80. The van der Waals surface area contributed by atoms with E-state index in [0.717, 1.165) is 18.7 Å². The number of hydrogen-bond donors (Lipinski definition) is 2. The second-order valence-corrected chi connectivity index (χ2v) is 7.06. The topological polar surface area (TPSA) is 70.7 Å². The van der Waals surface area contributed by atoms with Crippen LogP contribution in [0.25, 0.3) is 0 Å². The van der Waals surface area contributed by atoms with Gasteiger partial charge in [-0.3, -0.25) is 14.5 Å². The van der Waals surface area contributed by atoms with Crippen molar-refractivity contribution < 1.29 is 14.3 Å². The first-order valence-corrected chi connectivity index (χ1v) is 9.64. The van der Waals surface area contributed by atoms with Crippen LogP contribution in [0.4, 0.5) is 5.69 Å². The summed E-state index contributed by atoms with van der Waals surface area (Å²) >= 11 is 6.42. The van der Waals surface area contributed by atoms with E-state index in [-0.39, 0.29) is 17.9 Å². The number of amides is 2. The molecule has 1 heterocycles. The van der Waals surface area contributed by atoms with Gasteiger partial charge in [0.05, 0.1) is 19.3 Å². The van der Waals surface area contributed by atoms with Gasteiger partial charge in [0.25, 0.3) is 5.91 Å². The molecule has 0 aliphatic carbocycles. The maximum atomic E-state index is 12.6. The maximum Gasteiger partial charge on any atom is 0.251 e. The summed E-state index contributed by atoms with van der Waals surface area (Å²) in [7, 11) is 0. The number of morpholine rings is 1. The molecule has 28 heavy (non-hydrogen) atoms. The second-order valence-electron chi connectivity index (χ2n) is 6.65. The molecule has 1 unspecified atom stereocenters. The second kappa shape index (κ2) is 9.68. The van der Waals surface area contributed by atoms with E-state index in [0.29, 0.717) is 36.0 Å². The molecule has 0 aromatic heterocycles. The molecule has 2 aromatic rings. The lowest BCUT2D eigenvalue weighted by atomic mass is 10.0. The quantitative estimate of drug-likeness (QED) is 0.780. The summed E-state index contributed by atoms with van der Waals surface area (Å²) in [6.07, 6.45) is 0. The zero-order valence-electron chi connectivity index (χ0n) is 15.8. The summed E-state index contributed by atoms with van der Waals surface area (Å²) in [4.78, 5) is 26.0. The molecule has 3 rings (SSSR count). The number of halogens is 1. The SMILES string of the molecule is CC(=O)Nc1ccc(C(=O)NCC(c2ccccc2Cl)N2CCOCC2)cc1. The first kappa shape index (κ1) is 20.3. The molecule has 148 valence electrons. The zero-order valence-corrected chi connectivity index (χ0v) is 16.5. The van der Waals surface area contributed by atoms with E-state index in [1.54, 1.807) is 24.3 Å². The van der Waals surface area contributed by atoms with Gasteiger partial charge in [-0.1, -0.05) is 29.8 Å². The lowest BCUT2D eigenvalue weighted by molar-refractivity contribution is -0.114. The van der Waals surface area contributed by atoms with Gasteiger partial charge in [0, 0.05) is 42.8 Å². The van der Waals surface area contributed by atoms with Gasteiger partial charge in [0.15, 0.2) is 0 Å². The Morgan fingerprint density at radius 1 is 1.11 bits per heavy atom. The molecule has 1 aliphatic rings. The minimum atomic E-state index is -0.167. The summed E-state index contributed by atoms with van der Waals surface area (Å²) < 4.78 is 5.46. The fourth-order valence-electron chi connectivity index (χ4n) is 3.27. The Morgan fingerprint density at radius 2 is 1.79 bits per heavy atom. The Kier molecular flexibility index (Phi) is 7.03. The standard InChI is InChI=1S/C21H24ClN3O3/c1-15(26)24-17-8-6-16(7-9-17)21(27)23-14-20(25-10-12-28-13-11-25)18-4-2-3-5-19(18)22/h2-9,20H,10-14H2,1H3,(H,23,27)(H,24,26). The molecule has 2 aromatic carbocycles. The molecular formula is C21H24ClN3O3. The zero-order chi connectivity index (χ0) is 19.9. The predicted octanol–water partition coefficient (Wildman–Crippen LogP) is 3.10. The van der Waals surface area contributed by atoms with Gasteiger partial charge < -0.3 is 15.4 Å². The van der Waals surface area contributed by atoms with E-state index in [2.05, 4.69) is 15.5 Å². The molecule has 0 radical (unpaired) electrons. The van der Waals surface area contributed by atoms with Gasteiger partial charge >= 0.3 is 0 Å². The molecule has 2 amide bonds. The third-order valence-electron chi connectivity index (χ3n) is 4.67. The highest BCUT2D eigenvalue weighted by molar-refractivity contribution is 6.31. The third-order valence-corrected chi connectivity index (χ3v) is 5.02. The summed E-state index contributed by atoms with van der Waals surface area (Å²) in [5, 5.41) is 6.39. The summed E-state index contributed by atoms with van der Waals surface area (Å²) in [5.41, 5.74) is 2.19. The Bertz CT molecular complexity index is 820. The number of benzene rings is 2. The van der Waals surface area contributed by atoms with Crippen LogP contribution in [-0.2, 0) is 9.53 Å². The number of hydrogen-bond acceptors (Lipinski definition) is 4. The van der Waals surface area contributed by atoms with E-state index >= 15 is 0 Å². The molecule has 6 nitrogen and oxygen atoms in total. The number of anilines is 1. The highest BCUT2D eigenvalue weighted by Crippen LogP contribution is 2.27. The van der Waals surface area contributed by atoms with Crippen molar-refractivity contribution in [3.05, 3.63) is 64.7 Å². The van der Waals surface area contributed by atoms with Crippen LogP contribution < -0.4 is 10.6 Å².